The number of halogens is 1. The van der Waals surface area contributed by atoms with E-state index in [9.17, 15) is 4.39 Å². The van der Waals surface area contributed by atoms with E-state index in [-0.39, 0.29) is 17.9 Å². The van der Waals surface area contributed by atoms with Crippen molar-refractivity contribution in [1.29, 1.82) is 0 Å². The molecule has 0 saturated heterocycles. The molecule has 164 valence electrons. The molecule has 4 heteroatoms. The van der Waals surface area contributed by atoms with Gasteiger partial charge in [-0.05, 0) is 76.5 Å². The van der Waals surface area contributed by atoms with Crippen molar-refractivity contribution in [1.82, 2.24) is 0 Å². The normalized spacial score (nSPS) is 19.3. The molecule has 1 aromatic carbocycles. The Morgan fingerprint density at radius 2 is 2.03 bits per heavy atom. The summed E-state index contributed by atoms with van der Waals surface area (Å²) < 4.78 is 14.7. The molecule has 0 radical (unpaired) electrons. The van der Waals surface area contributed by atoms with Crippen LogP contribution in [0.4, 0.5) is 4.39 Å². The Hall–Kier alpha value is -2.20. The first-order chi connectivity index (χ1) is 14.4. The second-order valence-electron chi connectivity index (χ2n) is 8.29. The van der Waals surface area contributed by atoms with E-state index >= 15 is 0 Å². The quantitative estimate of drug-likeness (QED) is 0.374. The number of aryl methyl sites for hydroxylation is 1. The van der Waals surface area contributed by atoms with Gasteiger partial charge in [0.05, 0.1) is 6.04 Å². The van der Waals surface area contributed by atoms with Gasteiger partial charge in [-0.1, -0.05) is 37.1 Å². The molecule has 1 atom stereocenters. The van der Waals surface area contributed by atoms with Crippen molar-refractivity contribution in [2.75, 3.05) is 0 Å². The van der Waals surface area contributed by atoms with Crippen molar-refractivity contribution < 1.29 is 4.39 Å². The van der Waals surface area contributed by atoms with Crippen LogP contribution in [-0.2, 0) is 0 Å². The number of hydrogen-bond donors (Lipinski definition) is 2. The summed E-state index contributed by atoms with van der Waals surface area (Å²) in [5, 5.41) is 0. The standard InChI is InChI=1S/C26H38FN3/c1-5-8-10-23(28)25(26(29)21-16-11-18(4)17-22(21)27)24(9-6-2)30-20-14-12-19(7-3)13-15-20/h5,7,11,16-17,20,23H,1,6,8-10,12-15,28-29H2,2-4H3/b19-7?,26-25-,30-24?. The van der Waals surface area contributed by atoms with Gasteiger partial charge < -0.3 is 11.5 Å². The lowest BCUT2D eigenvalue weighted by atomic mass is 9.88. The van der Waals surface area contributed by atoms with Crippen LogP contribution < -0.4 is 11.5 Å². The Bertz CT molecular complexity index is 810. The molecule has 0 amide bonds. The molecule has 1 aromatic rings. The maximum Gasteiger partial charge on any atom is 0.132 e. The molecule has 1 aliphatic rings. The van der Waals surface area contributed by atoms with Crippen molar-refractivity contribution in [2.45, 2.75) is 84.2 Å². The van der Waals surface area contributed by atoms with Gasteiger partial charge >= 0.3 is 0 Å². The third-order valence-electron chi connectivity index (χ3n) is 5.90. The van der Waals surface area contributed by atoms with E-state index < -0.39 is 0 Å². The van der Waals surface area contributed by atoms with Crippen LogP contribution in [0.2, 0.25) is 0 Å². The highest BCUT2D eigenvalue weighted by Crippen LogP contribution is 2.29. The first kappa shape index (κ1) is 24.1. The Balaban J connectivity index is 2.51. The number of hydrogen-bond acceptors (Lipinski definition) is 3. The Morgan fingerprint density at radius 3 is 2.60 bits per heavy atom. The van der Waals surface area contributed by atoms with Crippen molar-refractivity contribution in [2.24, 2.45) is 16.5 Å². The SMILES string of the molecule is C=CCCC(N)/C(C(CCC)=NC1CCC(=CC)CC1)=C(/N)c1ccc(C)cc1F. The maximum atomic E-state index is 14.7. The lowest BCUT2D eigenvalue weighted by molar-refractivity contribution is 0.512. The molecule has 0 spiro atoms. The number of allylic oxidation sites excluding steroid dienone is 3. The molecule has 1 aliphatic carbocycles. The lowest BCUT2D eigenvalue weighted by Crippen LogP contribution is -2.31. The highest BCUT2D eigenvalue weighted by Gasteiger charge is 2.23. The van der Waals surface area contributed by atoms with Crippen molar-refractivity contribution in [3.8, 4) is 0 Å². The van der Waals surface area contributed by atoms with Crippen LogP contribution in [0.3, 0.4) is 0 Å². The number of aliphatic imine (C=N–C) groups is 1. The summed E-state index contributed by atoms with van der Waals surface area (Å²) >= 11 is 0. The highest BCUT2D eigenvalue weighted by atomic mass is 19.1. The van der Waals surface area contributed by atoms with E-state index in [1.807, 2.05) is 19.1 Å². The van der Waals surface area contributed by atoms with Crippen LogP contribution in [-0.4, -0.2) is 17.8 Å². The molecule has 0 aromatic heterocycles. The number of nitrogens with two attached hydrogens (primary N) is 2. The van der Waals surface area contributed by atoms with Crippen LogP contribution in [0.25, 0.3) is 5.70 Å². The molecule has 0 bridgehead atoms. The van der Waals surface area contributed by atoms with Gasteiger partial charge in [-0.2, -0.15) is 0 Å². The van der Waals surface area contributed by atoms with Crippen LogP contribution in [0, 0.1) is 12.7 Å². The van der Waals surface area contributed by atoms with E-state index in [2.05, 4.69) is 26.5 Å². The molecule has 30 heavy (non-hydrogen) atoms. The smallest absolute Gasteiger partial charge is 0.132 e. The Kier molecular flexibility index (Phi) is 9.51. The molecular formula is C26H38FN3. The molecule has 3 nitrogen and oxygen atoms in total. The lowest BCUT2D eigenvalue weighted by Gasteiger charge is -2.25. The van der Waals surface area contributed by atoms with E-state index in [0.717, 1.165) is 61.8 Å². The van der Waals surface area contributed by atoms with Crippen LogP contribution >= 0.6 is 0 Å². The van der Waals surface area contributed by atoms with Gasteiger partial charge in [0.1, 0.15) is 5.82 Å². The topological polar surface area (TPSA) is 64.4 Å². The largest absolute Gasteiger partial charge is 0.398 e. The zero-order valence-corrected chi connectivity index (χ0v) is 18.9. The summed E-state index contributed by atoms with van der Waals surface area (Å²) in [4.78, 5) is 5.14. The predicted molar refractivity (Wildman–Crippen MR) is 128 cm³/mol. The molecule has 2 rings (SSSR count). The van der Waals surface area contributed by atoms with Crippen molar-refractivity contribution in [3.63, 3.8) is 0 Å². The molecule has 0 heterocycles. The summed E-state index contributed by atoms with van der Waals surface area (Å²) in [7, 11) is 0. The third kappa shape index (κ3) is 6.40. The fourth-order valence-electron chi connectivity index (χ4n) is 4.11. The minimum absolute atomic E-state index is 0.271. The van der Waals surface area contributed by atoms with E-state index in [4.69, 9.17) is 16.5 Å². The molecule has 4 N–H and O–H groups in total. The fraction of sp³-hybridized carbons (Fsp3) is 0.500. The molecule has 0 aliphatic heterocycles. The minimum atomic E-state index is -0.313. The summed E-state index contributed by atoms with van der Waals surface area (Å²) in [5.74, 6) is -0.313. The number of nitrogens with zero attached hydrogens (tertiary/aromatic N) is 1. The van der Waals surface area contributed by atoms with E-state index in [1.54, 1.807) is 6.07 Å². The fourth-order valence-corrected chi connectivity index (χ4v) is 4.11. The predicted octanol–water partition coefficient (Wildman–Crippen LogP) is 6.23. The Labute approximate surface area is 181 Å². The van der Waals surface area contributed by atoms with Crippen LogP contribution in [0.5, 0.6) is 0 Å². The van der Waals surface area contributed by atoms with Crippen LogP contribution in [0.1, 0.15) is 76.3 Å². The van der Waals surface area contributed by atoms with Crippen molar-refractivity contribution in [3.05, 3.63) is 65.0 Å². The van der Waals surface area contributed by atoms with E-state index in [1.165, 1.54) is 11.6 Å². The average molecular weight is 412 g/mol. The molecule has 1 unspecified atom stereocenters. The first-order valence-electron chi connectivity index (χ1n) is 11.2. The Morgan fingerprint density at radius 1 is 1.33 bits per heavy atom. The van der Waals surface area contributed by atoms with Gasteiger partial charge in [0.15, 0.2) is 0 Å². The summed E-state index contributed by atoms with van der Waals surface area (Å²) in [6.07, 6.45) is 11.6. The maximum absolute atomic E-state index is 14.7. The van der Waals surface area contributed by atoms with E-state index in [0.29, 0.717) is 17.7 Å². The van der Waals surface area contributed by atoms with Gasteiger partial charge in [0.25, 0.3) is 0 Å². The van der Waals surface area contributed by atoms with Gasteiger partial charge in [0.2, 0.25) is 0 Å². The molecular weight excluding hydrogens is 373 g/mol. The third-order valence-corrected chi connectivity index (χ3v) is 5.90. The summed E-state index contributed by atoms with van der Waals surface area (Å²) in [6, 6.07) is 5.12. The number of benzene rings is 1. The molecule has 1 fully saturated rings. The van der Waals surface area contributed by atoms with Gasteiger partial charge in [-0.3, -0.25) is 4.99 Å². The zero-order valence-electron chi connectivity index (χ0n) is 18.9. The van der Waals surface area contributed by atoms with Gasteiger partial charge in [0, 0.05) is 28.6 Å². The monoisotopic (exact) mass is 411 g/mol. The minimum Gasteiger partial charge on any atom is -0.398 e. The molecule has 1 saturated carbocycles. The zero-order chi connectivity index (χ0) is 22.1. The van der Waals surface area contributed by atoms with Gasteiger partial charge in [-0.25, -0.2) is 4.39 Å². The summed E-state index contributed by atoms with van der Waals surface area (Å²) in [5.41, 5.74) is 18.1. The highest BCUT2D eigenvalue weighted by molar-refractivity contribution is 6.07. The second kappa shape index (κ2) is 11.8. The first-order valence-corrected chi connectivity index (χ1v) is 11.2. The summed E-state index contributed by atoms with van der Waals surface area (Å²) in [6.45, 7) is 9.92. The average Bonchev–Trinajstić information content (AvgIpc) is 2.73. The van der Waals surface area contributed by atoms with Gasteiger partial charge in [-0.15, -0.1) is 6.58 Å². The second-order valence-corrected chi connectivity index (χ2v) is 8.29. The van der Waals surface area contributed by atoms with Crippen LogP contribution in [0.15, 0.2) is 53.1 Å². The van der Waals surface area contributed by atoms with Crippen molar-refractivity contribution >= 4 is 11.4 Å². The number of rotatable bonds is 9.